The van der Waals surface area contributed by atoms with E-state index in [1.807, 2.05) is 24.3 Å². The third-order valence-corrected chi connectivity index (χ3v) is 3.13. The minimum absolute atomic E-state index is 0.280. The lowest BCUT2D eigenvalue weighted by Crippen LogP contribution is -2.02. The Morgan fingerprint density at radius 2 is 2.11 bits per heavy atom. The molecule has 0 unspecified atom stereocenters. The summed E-state index contributed by atoms with van der Waals surface area (Å²) in [6.45, 7) is 4.22. The van der Waals surface area contributed by atoms with Crippen molar-refractivity contribution in [3.63, 3.8) is 0 Å². The summed E-state index contributed by atoms with van der Waals surface area (Å²) in [6, 6.07) is 8.15. The zero-order valence-electron chi connectivity index (χ0n) is 10.1. The molecule has 0 atom stereocenters. The van der Waals surface area contributed by atoms with Crippen molar-refractivity contribution in [3.05, 3.63) is 35.7 Å². The summed E-state index contributed by atoms with van der Waals surface area (Å²) in [6.07, 6.45) is 1.34. The SMILES string of the molecule is CC(C)n1c(-c2nnco2)cc2ccc(Cl)cc21. The fourth-order valence-corrected chi connectivity index (χ4v) is 2.37. The summed E-state index contributed by atoms with van der Waals surface area (Å²) in [4.78, 5) is 0. The molecule has 3 aromatic rings. The van der Waals surface area contributed by atoms with Crippen molar-refractivity contribution in [2.24, 2.45) is 0 Å². The predicted molar refractivity (Wildman–Crippen MR) is 70.6 cm³/mol. The summed E-state index contributed by atoms with van der Waals surface area (Å²) in [5.74, 6) is 0.524. The number of halogens is 1. The van der Waals surface area contributed by atoms with Crippen molar-refractivity contribution in [1.82, 2.24) is 14.8 Å². The molecule has 0 N–H and O–H groups in total. The molecule has 0 aliphatic rings. The lowest BCUT2D eigenvalue weighted by Gasteiger charge is -2.12. The molecule has 0 saturated carbocycles. The first kappa shape index (κ1) is 11.3. The van der Waals surface area contributed by atoms with Crippen LogP contribution in [0.3, 0.4) is 0 Å². The Hall–Kier alpha value is -1.81. The smallest absolute Gasteiger partial charge is 0.264 e. The molecule has 18 heavy (non-hydrogen) atoms. The lowest BCUT2D eigenvalue weighted by atomic mass is 10.2. The van der Waals surface area contributed by atoms with Gasteiger partial charge in [-0.15, -0.1) is 10.2 Å². The highest BCUT2D eigenvalue weighted by Crippen LogP contribution is 2.31. The molecule has 2 heterocycles. The average molecular weight is 262 g/mol. The van der Waals surface area contributed by atoms with Crippen molar-refractivity contribution < 1.29 is 4.42 Å². The Morgan fingerprint density at radius 3 is 2.78 bits per heavy atom. The van der Waals surface area contributed by atoms with Crippen molar-refractivity contribution in [2.75, 3.05) is 0 Å². The zero-order valence-corrected chi connectivity index (χ0v) is 10.8. The predicted octanol–water partition coefficient (Wildman–Crippen LogP) is 3.93. The largest absolute Gasteiger partial charge is 0.422 e. The van der Waals surface area contributed by atoms with Gasteiger partial charge in [-0.2, -0.15) is 0 Å². The van der Waals surface area contributed by atoms with Crippen molar-refractivity contribution in [1.29, 1.82) is 0 Å². The Balaban J connectivity index is 2.35. The van der Waals surface area contributed by atoms with Crippen LogP contribution in [0.2, 0.25) is 5.02 Å². The van der Waals surface area contributed by atoms with E-state index in [4.69, 9.17) is 16.0 Å². The van der Waals surface area contributed by atoms with Crippen LogP contribution in [0, 0.1) is 0 Å². The Kier molecular flexibility index (Phi) is 2.59. The Labute approximate surface area is 109 Å². The van der Waals surface area contributed by atoms with Crippen molar-refractivity contribution in [2.45, 2.75) is 19.9 Å². The molecule has 0 spiro atoms. The van der Waals surface area contributed by atoms with Gasteiger partial charge < -0.3 is 8.98 Å². The molecule has 1 aromatic carbocycles. The van der Waals surface area contributed by atoms with E-state index >= 15 is 0 Å². The molecular weight excluding hydrogens is 250 g/mol. The second-order valence-electron chi connectivity index (χ2n) is 4.44. The van der Waals surface area contributed by atoms with Crippen LogP contribution in [0.4, 0.5) is 0 Å². The highest BCUT2D eigenvalue weighted by Gasteiger charge is 2.16. The molecule has 0 aliphatic carbocycles. The van der Waals surface area contributed by atoms with E-state index in [2.05, 4.69) is 28.6 Å². The van der Waals surface area contributed by atoms with E-state index in [1.54, 1.807) is 0 Å². The maximum absolute atomic E-state index is 6.06. The van der Waals surface area contributed by atoms with Crippen LogP contribution < -0.4 is 0 Å². The van der Waals surface area contributed by atoms with Crippen LogP contribution in [-0.2, 0) is 0 Å². The van der Waals surface area contributed by atoms with E-state index in [0.717, 1.165) is 21.6 Å². The van der Waals surface area contributed by atoms with Crippen molar-refractivity contribution >= 4 is 22.5 Å². The number of benzene rings is 1. The number of hydrogen-bond donors (Lipinski definition) is 0. The summed E-state index contributed by atoms with van der Waals surface area (Å²) < 4.78 is 7.44. The molecule has 0 amide bonds. The van der Waals surface area contributed by atoms with Crippen LogP contribution in [0.25, 0.3) is 22.5 Å². The molecule has 0 radical (unpaired) electrons. The minimum atomic E-state index is 0.280. The monoisotopic (exact) mass is 261 g/mol. The van der Waals surface area contributed by atoms with Gasteiger partial charge in [-0.05, 0) is 32.0 Å². The molecule has 0 fully saturated rings. The number of hydrogen-bond acceptors (Lipinski definition) is 3. The minimum Gasteiger partial charge on any atom is -0.422 e. The quantitative estimate of drug-likeness (QED) is 0.702. The molecule has 4 nitrogen and oxygen atoms in total. The molecular formula is C13H12ClN3O. The molecule has 0 aliphatic heterocycles. The van der Waals surface area contributed by atoms with Crippen LogP contribution >= 0.6 is 11.6 Å². The molecule has 0 bridgehead atoms. The van der Waals surface area contributed by atoms with E-state index in [0.29, 0.717) is 5.89 Å². The third kappa shape index (κ3) is 1.69. The van der Waals surface area contributed by atoms with Crippen LogP contribution in [0.1, 0.15) is 19.9 Å². The van der Waals surface area contributed by atoms with Gasteiger partial charge in [0.1, 0.15) is 5.69 Å². The Bertz CT molecular complexity index is 686. The first-order valence-electron chi connectivity index (χ1n) is 5.74. The van der Waals surface area contributed by atoms with Crippen LogP contribution in [0.5, 0.6) is 0 Å². The maximum atomic E-state index is 6.06. The number of rotatable bonds is 2. The topological polar surface area (TPSA) is 43.9 Å². The van der Waals surface area contributed by atoms with Gasteiger partial charge in [0.05, 0.1) is 5.52 Å². The van der Waals surface area contributed by atoms with Gasteiger partial charge in [0.25, 0.3) is 5.89 Å². The van der Waals surface area contributed by atoms with Gasteiger partial charge >= 0.3 is 0 Å². The number of fused-ring (bicyclic) bond motifs is 1. The summed E-state index contributed by atoms with van der Waals surface area (Å²) >= 11 is 6.06. The van der Waals surface area contributed by atoms with Crippen LogP contribution in [-0.4, -0.2) is 14.8 Å². The van der Waals surface area contributed by atoms with Crippen LogP contribution in [0.15, 0.2) is 35.1 Å². The van der Waals surface area contributed by atoms with Gasteiger partial charge in [-0.3, -0.25) is 0 Å². The standard InChI is InChI=1S/C13H12ClN3O/c1-8(2)17-11-6-10(14)4-3-9(11)5-12(17)13-16-15-7-18-13/h3-8H,1-2H3. The zero-order chi connectivity index (χ0) is 12.7. The van der Waals surface area contributed by atoms with E-state index < -0.39 is 0 Å². The summed E-state index contributed by atoms with van der Waals surface area (Å²) in [5.41, 5.74) is 1.99. The van der Waals surface area contributed by atoms with E-state index in [9.17, 15) is 0 Å². The highest BCUT2D eigenvalue weighted by molar-refractivity contribution is 6.31. The number of aromatic nitrogens is 3. The first-order chi connectivity index (χ1) is 8.66. The van der Waals surface area contributed by atoms with Gasteiger partial charge in [0.2, 0.25) is 6.39 Å². The van der Waals surface area contributed by atoms with Gasteiger partial charge in [-0.1, -0.05) is 17.7 Å². The first-order valence-corrected chi connectivity index (χ1v) is 6.11. The third-order valence-electron chi connectivity index (χ3n) is 2.90. The normalized spacial score (nSPS) is 11.6. The van der Waals surface area contributed by atoms with Gasteiger partial charge in [0.15, 0.2) is 0 Å². The molecule has 5 heteroatoms. The molecule has 0 saturated heterocycles. The van der Waals surface area contributed by atoms with E-state index in [-0.39, 0.29) is 6.04 Å². The second-order valence-corrected chi connectivity index (χ2v) is 4.88. The molecule has 2 aromatic heterocycles. The summed E-state index contributed by atoms with van der Waals surface area (Å²) in [5, 5.41) is 9.54. The fraction of sp³-hybridized carbons (Fsp3) is 0.231. The van der Waals surface area contributed by atoms with E-state index in [1.165, 1.54) is 6.39 Å². The van der Waals surface area contributed by atoms with Crippen molar-refractivity contribution in [3.8, 4) is 11.6 Å². The Morgan fingerprint density at radius 1 is 1.28 bits per heavy atom. The molecule has 3 rings (SSSR count). The number of nitrogens with zero attached hydrogens (tertiary/aromatic N) is 3. The summed E-state index contributed by atoms with van der Waals surface area (Å²) in [7, 11) is 0. The second kappa shape index (κ2) is 4.14. The average Bonchev–Trinajstić information content (AvgIpc) is 2.94. The van der Waals surface area contributed by atoms with Gasteiger partial charge in [0, 0.05) is 16.5 Å². The fourth-order valence-electron chi connectivity index (χ4n) is 2.20. The maximum Gasteiger partial charge on any atom is 0.264 e. The highest BCUT2D eigenvalue weighted by atomic mass is 35.5. The lowest BCUT2D eigenvalue weighted by molar-refractivity contribution is 0.550. The van der Waals surface area contributed by atoms with Gasteiger partial charge in [-0.25, -0.2) is 0 Å². The molecule has 92 valence electrons.